The minimum absolute atomic E-state index is 0.725. The number of rotatable bonds is 8. The van der Waals surface area contributed by atoms with Crippen molar-refractivity contribution in [1.29, 1.82) is 0 Å². The molecule has 0 saturated heterocycles. The fourth-order valence-electron chi connectivity index (χ4n) is 2.88. The molecule has 2 aliphatic carbocycles. The molecule has 0 radical (unpaired) electrons. The van der Waals surface area contributed by atoms with Gasteiger partial charge in [-0.3, -0.25) is 0 Å². The molecule has 0 spiro atoms. The Bertz CT molecular complexity index is 492. The minimum atomic E-state index is 0.725. The van der Waals surface area contributed by atoms with Crippen LogP contribution < -0.4 is 10.2 Å². The van der Waals surface area contributed by atoms with Crippen molar-refractivity contribution in [1.82, 2.24) is 9.97 Å². The molecule has 1 aromatic rings. The van der Waals surface area contributed by atoms with Crippen LogP contribution in [0.4, 0.5) is 11.6 Å². The van der Waals surface area contributed by atoms with Gasteiger partial charge in [0.2, 0.25) is 0 Å². The van der Waals surface area contributed by atoms with E-state index in [0.717, 1.165) is 43.0 Å². The lowest BCUT2D eigenvalue weighted by atomic mass is 10.2. The van der Waals surface area contributed by atoms with E-state index >= 15 is 0 Å². The molecule has 4 nitrogen and oxygen atoms in total. The van der Waals surface area contributed by atoms with Crippen molar-refractivity contribution < 1.29 is 0 Å². The van der Waals surface area contributed by atoms with Gasteiger partial charge >= 0.3 is 0 Å². The van der Waals surface area contributed by atoms with Crippen LogP contribution in [-0.2, 0) is 6.42 Å². The molecule has 0 atom stereocenters. The quantitative estimate of drug-likeness (QED) is 0.794. The van der Waals surface area contributed by atoms with Crippen LogP contribution >= 0.6 is 0 Å². The number of nitrogens with zero attached hydrogens (tertiary/aromatic N) is 3. The highest BCUT2D eigenvalue weighted by atomic mass is 15.3. The molecule has 1 N–H and O–H groups in total. The van der Waals surface area contributed by atoms with Crippen LogP contribution in [0.25, 0.3) is 0 Å². The second-order valence-electron chi connectivity index (χ2n) is 6.54. The van der Waals surface area contributed by atoms with E-state index in [0.29, 0.717) is 0 Å². The summed E-state index contributed by atoms with van der Waals surface area (Å²) >= 11 is 0. The minimum Gasteiger partial charge on any atom is -0.370 e. The highest BCUT2D eigenvalue weighted by Crippen LogP contribution is 2.39. The zero-order valence-corrected chi connectivity index (χ0v) is 13.7. The van der Waals surface area contributed by atoms with Gasteiger partial charge in [0.1, 0.15) is 17.5 Å². The third-order valence-electron chi connectivity index (χ3n) is 4.40. The van der Waals surface area contributed by atoms with Crippen LogP contribution in [0, 0.1) is 12.8 Å². The summed E-state index contributed by atoms with van der Waals surface area (Å²) in [6.07, 6.45) is 7.52. The van der Waals surface area contributed by atoms with Crippen molar-refractivity contribution in [3.8, 4) is 0 Å². The number of hydrogen-bond donors (Lipinski definition) is 1. The highest BCUT2D eigenvalue weighted by Gasteiger charge is 2.35. The molecule has 4 heteroatoms. The molecule has 0 unspecified atom stereocenters. The van der Waals surface area contributed by atoms with Crippen molar-refractivity contribution in [2.45, 2.75) is 65.3 Å². The first-order chi connectivity index (χ1) is 10.2. The summed E-state index contributed by atoms with van der Waals surface area (Å²) in [4.78, 5) is 12.2. The molecule has 0 aliphatic heterocycles. The number of aryl methyl sites for hydroxylation is 1. The number of hydrogen-bond acceptors (Lipinski definition) is 4. The summed E-state index contributed by atoms with van der Waals surface area (Å²) < 4.78 is 0. The van der Waals surface area contributed by atoms with Crippen molar-refractivity contribution in [2.75, 3.05) is 23.3 Å². The van der Waals surface area contributed by atoms with E-state index < -0.39 is 0 Å². The van der Waals surface area contributed by atoms with Crippen LogP contribution in [0.5, 0.6) is 0 Å². The van der Waals surface area contributed by atoms with Gasteiger partial charge in [-0.05, 0) is 51.9 Å². The van der Waals surface area contributed by atoms with Gasteiger partial charge in [-0.25, -0.2) is 9.97 Å². The highest BCUT2D eigenvalue weighted by molar-refractivity contribution is 5.59. The first kappa shape index (κ1) is 14.6. The maximum atomic E-state index is 4.92. The van der Waals surface area contributed by atoms with E-state index in [4.69, 9.17) is 9.97 Å². The van der Waals surface area contributed by atoms with Gasteiger partial charge in [-0.1, -0.05) is 6.92 Å². The lowest BCUT2D eigenvalue weighted by Crippen LogP contribution is -2.30. The average molecular weight is 288 g/mol. The zero-order chi connectivity index (χ0) is 14.8. The molecule has 2 aliphatic rings. The second kappa shape index (κ2) is 6.20. The largest absolute Gasteiger partial charge is 0.370 e. The topological polar surface area (TPSA) is 41.1 Å². The normalized spacial score (nSPS) is 17.9. The van der Waals surface area contributed by atoms with Crippen molar-refractivity contribution >= 4 is 11.6 Å². The molecule has 1 aromatic heterocycles. The van der Waals surface area contributed by atoms with Crippen LogP contribution in [0.15, 0.2) is 0 Å². The molecule has 0 aromatic carbocycles. The van der Waals surface area contributed by atoms with E-state index in [1.165, 1.54) is 43.6 Å². The fraction of sp³-hybridized carbons (Fsp3) is 0.765. The predicted octanol–water partition coefficient (Wildman–Crippen LogP) is 3.55. The van der Waals surface area contributed by atoms with Crippen LogP contribution in [-0.4, -0.2) is 29.1 Å². The average Bonchev–Trinajstić information content (AvgIpc) is 3.34. The summed E-state index contributed by atoms with van der Waals surface area (Å²) in [7, 11) is 0. The van der Waals surface area contributed by atoms with Crippen molar-refractivity contribution in [3.05, 3.63) is 11.4 Å². The first-order valence-electron chi connectivity index (χ1n) is 8.61. The summed E-state index contributed by atoms with van der Waals surface area (Å²) in [6, 6.07) is 0.725. The summed E-state index contributed by atoms with van der Waals surface area (Å²) in [5.74, 6) is 4.12. The second-order valence-corrected chi connectivity index (χ2v) is 6.54. The first-order valence-corrected chi connectivity index (χ1v) is 8.61. The smallest absolute Gasteiger partial charge is 0.137 e. The molecule has 2 saturated carbocycles. The zero-order valence-electron chi connectivity index (χ0n) is 13.7. The van der Waals surface area contributed by atoms with Gasteiger partial charge in [0.05, 0.1) is 0 Å². The van der Waals surface area contributed by atoms with E-state index in [9.17, 15) is 0 Å². The van der Waals surface area contributed by atoms with Gasteiger partial charge < -0.3 is 10.2 Å². The van der Waals surface area contributed by atoms with Gasteiger partial charge in [0.25, 0.3) is 0 Å². The summed E-state index contributed by atoms with van der Waals surface area (Å²) in [5.41, 5.74) is 1.23. The predicted molar refractivity (Wildman–Crippen MR) is 88.0 cm³/mol. The standard InChI is InChI=1S/C17H28N4/c1-4-6-15-19-16(18-5-2)12(3)17(20-15)21(14-9-10-14)11-13-7-8-13/h13-14H,4-11H2,1-3H3,(H,18,19,20). The van der Waals surface area contributed by atoms with Gasteiger partial charge in [0.15, 0.2) is 0 Å². The molecule has 116 valence electrons. The Morgan fingerprint density at radius 3 is 2.48 bits per heavy atom. The van der Waals surface area contributed by atoms with E-state index in [1.807, 2.05) is 0 Å². The molecule has 0 amide bonds. The maximum absolute atomic E-state index is 4.92. The van der Waals surface area contributed by atoms with Crippen LogP contribution in [0.1, 0.15) is 57.3 Å². The lowest BCUT2D eigenvalue weighted by Gasteiger charge is -2.26. The monoisotopic (exact) mass is 288 g/mol. The Morgan fingerprint density at radius 2 is 1.90 bits per heavy atom. The van der Waals surface area contributed by atoms with Gasteiger partial charge in [-0.2, -0.15) is 0 Å². The van der Waals surface area contributed by atoms with Crippen molar-refractivity contribution in [2.24, 2.45) is 5.92 Å². The Kier molecular flexibility index (Phi) is 4.32. The molecular weight excluding hydrogens is 260 g/mol. The van der Waals surface area contributed by atoms with E-state index in [1.54, 1.807) is 0 Å². The molecule has 0 bridgehead atoms. The Hall–Kier alpha value is -1.32. The lowest BCUT2D eigenvalue weighted by molar-refractivity contribution is 0.698. The number of aromatic nitrogens is 2. The third-order valence-corrected chi connectivity index (χ3v) is 4.40. The molecular formula is C17H28N4. The Morgan fingerprint density at radius 1 is 1.14 bits per heavy atom. The van der Waals surface area contributed by atoms with Crippen LogP contribution in [0.2, 0.25) is 0 Å². The summed E-state index contributed by atoms with van der Waals surface area (Å²) in [6.45, 7) is 8.60. The maximum Gasteiger partial charge on any atom is 0.137 e. The van der Waals surface area contributed by atoms with E-state index in [2.05, 4.69) is 31.0 Å². The fourth-order valence-corrected chi connectivity index (χ4v) is 2.88. The van der Waals surface area contributed by atoms with Crippen LogP contribution in [0.3, 0.4) is 0 Å². The van der Waals surface area contributed by atoms with E-state index in [-0.39, 0.29) is 0 Å². The molecule has 2 fully saturated rings. The number of nitrogens with one attached hydrogen (secondary N) is 1. The Labute approximate surface area is 128 Å². The van der Waals surface area contributed by atoms with Gasteiger partial charge in [0, 0.05) is 31.1 Å². The van der Waals surface area contributed by atoms with Crippen molar-refractivity contribution in [3.63, 3.8) is 0 Å². The summed E-state index contributed by atoms with van der Waals surface area (Å²) in [5, 5.41) is 3.42. The molecule has 3 rings (SSSR count). The van der Waals surface area contributed by atoms with Gasteiger partial charge in [-0.15, -0.1) is 0 Å². The molecule has 1 heterocycles. The molecule has 21 heavy (non-hydrogen) atoms. The SMILES string of the molecule is CCCc1nc(NCC)c(C)c(N(CC2CC2)C2CC2)n1. The number of anilines is 2. The Balaban J connectivity index is 1.92. The third kappa shape index (κ3) is 3.47.